The maximum absolute atomic E-state index is 12.0. The fraction of sp³-hybridized carbons (Fsp3) is 0.0833. The van der Waals surface area contributed by atoms with Crippen molar-refractivity contribution in [2.24, 2.45) is 0 Å². The number of aromatic nitrogens is 2. The molecule has 2 aromatic heterocycles. The average molecular weight is 275 g/mol. The van der Waals surface area contributed by atoms with Crippen LogP contribution in [0.5, 0.6) is 0 Å². The first-order chi connectivity index (χ1) is 9.11. The molecule has 0 saturated carbocycles. The molecule has 6 nitrogen and oxygen atoms in total. The van der Waals surface area contributed by atoms with E-state index in [4.69, 9.17) is 4.42 Å². The largest absolute Gasteiger partial charge is 0.417 e. The van der Waals surface area contributed by atoms with E-state index in [9.17, 15) is 9.59 Å². The maximum Gasteiger partial charge on any atom is 0.417 e. The van der Waals surface area contributed by atoms with Gasteiger partial charge in [-0.05, 0) is 25.1 Å². The summed E-state index contributed by atoms with van der Waals surface area (Å²) in [5.41, 5.74) is 2.20. The summed E-state index contributed by atoms with van der Waals surface area (Å²) in [5, 5.41) is 5.09. The highest BCUT2D eigenvalue weighted by molar-refractivity contribution is 7.13. The third-order valence-corrected chi connectivity index (χ3v) is 3.40. The van der Waals surface area contributed by atoms with E-state index in [0.717, 1.165) is 5.69 Å². The van der Waals surface area contributed by atoms with Gasteiger partial charge in [0, 0.05) is 10.9 Å². The summed E-state index contributed by atoms with van der Waals surface area (Å²) in [7, 11) is 0. The van der Waals surface area contributed by atoms with Crippen LogP contribution in [0.1, 0.15) is 16.1 Å². The predicted molar refractivity (Wildman–Crippen MR) is 71.6 cm³/mol. The number of H-pyrrole nitrogens is 1. The molecule has 3 rings (SSSR count). The minimum atomic E-state index is -0.539. The molecule has 2 N–H and O–H groups in total. The molecule has 7 heteroatoms. The molecule has 0 radical (unpaired) electrons. The number of thiazole rings is 1. The highest BCUT2D eigenvalue weighted by Crippen LogP contribution is 2.17. The van der Waals surface area contributed by atoms with Crippen molar-refractivity contribution < 1.29 is 9.21 Å². The van der Waals surface area contributed by atoms with E-state index >= 15 is 0 Å². The number of carbonyl (C=O) groups is 1. The van der Waals surface area contributed by atoms with E-state index < -0.39 is 5.76 Å². The van der Waals surface area contributed by atoms with E-state index in [2.05, 4.69) is 15.3 Å². The summed E-state index contributed by atoms with van der Waals surface area (Å²) in [6.07, 6.45) is 0. The van der Waals surface area contributed by atoms with Gasteiger partial charge in [0.25, 0.3) is 5.91 Å². The molecule has 0 aliphatic heterocycles. The van der Waals surface area contributed by atoms with E-state index in [0.29, 0.717) is 21.8 Å². The van der Waals surface area contributed by atoms with Crippen LogP contribution >= 0.6 is 11.3 Å². The monoisotopic (exact) mass is 275 g/mol. The lowest BCUT2D eigenvalue weighted by Crippen LogP contribution is -2.11. The van der Waals surface area contributed by atoms with Crippen LogP contribution < -0.4 is 11.1 Å². The van der Waals surface area contributed by atoms with Crippen molar-refractivity contribution in [2.75, 3.05) is 5.32 Å². The zero-order valence-corrected chi connectivity index (χ0v) is 10.7. The van der Waals surface area contributed by atoms with Gasteiger partial charge in [0.1, 0.15) is 0 Å². The lowest BCUT2D eigenvalue weighted by atomic mass is 10.2. The molecular weight excluding hydrogens is 266 g/mol. The second-order valence-electron chi connectivity index (χ2n) is 3.97. The summed E-state index contributed by atoms with van der Waals surface area (Å²) < 4.78 is 4.87. The zero-order valence-electron chi connectivity index (χ0n) is 9.89. The van der Waals surface area contributed by atoms with E-state index in [1.807, 2.05) is 12.3 Å². The lowest BCUT2D eigenvalue weighted by molar-refractivity contribution is 0.102. The molecule has 0 unspecified atom stereocenters. The van der Waals surface area contributed by atoms with Crippen LogP contribution in [-0.2, 0) is 0 Å². The number of anilines is 1. The first kappa shape index (κ1) is 11.7. The number of benzene rings is 1. The molecule has 3 aromatic rings. The molecule has 1 amide bonds. The van der Waals surface area contributed by atoms with Crippen LogP contribution in [0.4, 0.5) is 5.13 Å². The molecule has 0 aliphatic carbocycles. The van der Waals surface area contributed by atoms with Crippen molar-refractivity contribution in [3.63, 3.8) is 0 Å². The number of rotatable bonds is 2. The Morgan fingerprint density at radius 3 is 3.05 bits per heavy atom. The Balaban J connectivity index is 1.90. The third kappa shape index (κ3) is 2.27. The molecule has 0 aliphatic rings. The quantitative estimate of drug-likeness (QED) is 0.750. The number of fused-ring (bicyclic) bond motifs is 1. The van der Waals surface area contributed by atoms with Gasteiger partial charge in [-0.25, -0.2) is 9.78 Å². The van der Waals surface area contributed by atoms with Gasteiger partial charge >= 0.3 is 5.76 Å². The van der Waals surface area contributed by atoms with Crippen LogP contribution in [0.3, 0.4) is 0 Å². The fourth-order valence-corrected chi connectivity index (χ4v) is 2.36. The molecule has 0 spiro atoms. The summed E-state index contributed by atoms with van der Waals surface area (Å²) in [4.78, 5) is 29.7. The number of aryl methyl sites for hydroxylation is 1. The fourth-order valence-electron chi connectivity index (χ4n) is 1.67. The number of carbonyl (C=O) groups excluding carboxylic acids is 1. The van der Waals surface area contributed by atoms with Crippen molar-refractivity contribution in [2.45, 2.75) is 6.92 Å². The number of amides is 1. The van der Waals surface area contributed by atoms with Crippen LogP contribution in [0, 0.1) is 6.92 Å². The summed E-state index contributed by atoms with van der Waals surface area (Å²) in [5.74, 6) is -0.818. The Labute approximate surface area is 111 Å². The van der Waals surface area contributed by atoms with Gasteiger partial charge in [-0.2, -0.15) is 0 Å². The molecular formula is C12H9N3O3S. The van der Waals surface area contributed by atoms with E-state index in [1.165, 1.54) is 11.3 Å². The van der Waals surface area contributed by atoms with Gasteiger partial charge in [-0.15, -0.1) is 11.3 Å². The standard InChI is InChI=1S/C12H9N3O3S/c1-6-5-19-11(13-6)15-10(16)7-2-3-9-8(4-7)14-12(17)18-9/h2-5H,1H3,(H,14,17)(H,13,15,16). The predicted octanol–water partition coefficient (Wildman–Crippen LogP) is 2.14. The van der Waals surface area contributed by atoms with Crippen LogP contribution in [-0.4, -0.2) is 15.9 Å². The number of nitrogens with zero attached hydrogens (tertiary/aromatic N) is 1. The Kier molecular flexibility index (Phi) is 2.68. The number of oxazole rings is 1. The minimum absolute atomic E-state index is 0.279. The van der Waals surface area contributed by atoms with Crippen LogP contribution in [0.15, 0.2) is 32.8 Å². The van der Waals surface area contributed by atoms with Crippen molar-refractivity contribution in [1.29, 1.82) is 0 Å². The Morgan fingerprint density at radius 2 is 2.32 bits per heavy atom. The highest BCUT2D eigenvalue weighted by atomic mass is 32.1. The first-order valence-corrected chi connectivity index (χ1v) is 6.36. The van der Waals surface area contributed by atoms with Gasteiger partial charge < -0.3 is 4.42 Å². The van der Waals surface area contributed by atoms with Crippen molar-refractivity contribution >= 4 is 33.5 Å². The number of nitrogens with one attached hydrogen (secondary N) is 2. The summed E-state index contributed by atoms with van der Waals surface area (Å²) >= 11 is 1.36. The second kappa shape index (κ2) is 4.36. The normalized spacial score (nSPS) is 10.8. The van der Waals surface area contributed by atoms with Crippen molar-refractivity contribution in [1.82, 2.24) is 9.97 Å². The Hall–Kier alpha value is -2.41. The van der Waals surface area contributed by atoms with Gasteiger partial charge in [0.15, 0.2) is 10.7 Å². The van der Waals surface area contributed by atoms with Gasteiger partial charge in [-0.3, -0.25) is 15.1 Å². The van der Waals surface area contributed by atoms with Crippen LogP contribution in [0.2, 0.25) is 0 Å². The average Bonchev–Trinajstić information content (AvgIpc) is 2.93. The smallest absolute Gasteiger partial charge is 0.408 e. The minimum Gasteiger partial charge on any atom is -0.408 e. The lowest BCUT2D eigenvalue weighted by Gasteiger charge is -2.01. The molecule has 0 saturated heterocycles. The third-order valence-electron chi connectivity index (χ3n) is 2.52. The van der Waals surface area contributed by atoms with Crippen molar-refractivity contribution in [3.05, 3.63) is 45.4 Å². The van der Waals surface area contributed by atoms with Gasteiger partial charge in [-0.1, -0.05) is 0 Å². The van der Waals surface area contributed by atoms with Gasteiger partial charge in [0.05, 0.1) is 11.2 Å². The van der Waals surface area contributed by atoms with Crippen LogP contribution in [0.25, 0.3) is 11.1 Å². The molecule has 96 valence electrons. The number of hydrogen-bond donors (Lipinski definition) is 2. The topological polar surface area (TPSA) is 88.0 Å². The molecule has 19 heavy (non-hydrogen) atoms. The van der Waals surface area contributed by atoms with E-state index in [1.54, 1.807) is 18.2 Å². The summed E-state index contributed by atoms with van der Waals surface area (Å²) in [6.45, 7) is 1.86. The first-order valence-electron chi connectivity index (χ1n) is 5.48. The molecule has 0 fully saturated rings. The molecule has 2 heterocycles. The molecule has 1 aromatic carbocycles. The van der Waals surface area contributed by atoms with Crippen molar-refractivity contribution in [3.8, 4) is 0 Å². The Morgan fingerprint density at radius 1 is 1.47 bits per heavy atom. The molecule has 0 bridgehead atoms. The summed E-state index contributed by atoms with van der Waals surface area (Å²) in [6, 6.07) is 4.74. The SMILES string of the molecule is Cc1csc(NC(=O)c2ccc3oc(=O)[nH]c3c2)n1. The maximum atomic E-state index is 12.0. The number of hydrogen-bond acceptors (Lipinski definition) is 5. The highest BCUT2D eigenvalue weighted by Gasteiger charge is 2.10. The van der Waals surface area contributed by atoms with Gasteiger partial charge in [0.2, 0.25) is 0 Å². The zero-order chi connectivity index (χ0) is 13.4. The second-order valence-corrected chi connectivity index (χ2v) is 4.83. The Bertz CT molecular complexity index is 815. The van der Waals surface area contributed by atoms with E-state index in [-0.39, 0.29) is 5.91 Å². The number of aromatic amines is 1. The molecule has 0 atom stereocenters.